The van der Waals surface area contributed by atoms with Gasteiger partial charge in [-0.05, 0) is 81.5 Å². The molecular formula is C25H29N5O2. The summed E-state index contributed by atoms with van der Waals surface area (Å²) in [6.45, 7) is 4.10. The number of hydrogen-bond donors (Lipinski definition) is 1. The van der Waals surface area contributed by atoms with Gasteiger partial charge in [-0.15, -0.1) is 0 Å². The van der Waals surface area contributed by atoms with Crippen molar-refractivity contribution in [2.75, 3.05) is 18.0 Å². The number of rotatable bonds is 5. The number of nitrogens with zero attached hydrogens (tertiary/aromatic N) is 4. The molecule has 4 fully saturated rings. The van der Waals surface area contributed by atoms with E-state index in [-0.39, 0.29) is 17.2 Å². The van der Waals surface area contributed by atoms with Crippen LogP contribution in [0.3, 0.4) is 0 Å². The lowest BCUT2D eigenvalue weighted by Crippen LogP contribution is -2.36. The Labute approximate surface area is 186 Å². The first kappa shape index (κ1) is 18.7. The van der Waals surface area contributed by atoms with Gasteiger partial charge in [-0.1, -0.05) is 6.42 Å². The van der Waals surface area contributed by atoms with Gasteiger partial charge in [0.25, 0.3) is 5.56 Å². The zero-order valence-electron chi connectivity index (χ0n) is 18.6. The lowest BCUT2D eigenvalue weighted by molar-refractivity contribution is 0.165. The summed E-state index contributed by atoms with van der Waals surface area (Å²) in [7, 11) is 0. The molecule has 1 aliphatic heterocycles. The lowest BCUT2D eigenvalue weighted by atomic mass is 9.68. The number of H-pyrrole nitrogens is 1. The van der Waals surface area contributed by atoms with Crippen LogP contribution in [0.5, 0.6) is 5.75 Å². The number of aromatic amines is 1. The van der Waals surface area contributed by atoms with Gasteiger partial charge in [-0.3, -0.25) is 9.89 Å². The average Bonchev–Trinajstić information content (AvgIpc) is 3.64. The Balaban J connectivity index is 1.32. The Morgan fingerprint density at radius 2 is 1.97 bits per heavy atom. The molecule has 1 saturated heterocycles. The minimum absolute atomic E-state index is 0.0323. The number of benzene rings is 1. The van der Waals surface area contributed by atoms with E-state index in [1.165, 1.54) is 25.7 Å². The van der Waals surface area contributed by atoms with E-state index in [0.29, 0.717) is 5.41 Å². The fraction of sp³-hybridized carbons (Fsp3) is 0.560. The fourth-order valence-electron chi connectivity index (χ4n) is 5.45. The number of anilines is 1. The maximum absolute atomic E-state index is 13.4. The van der Waals surface area contributed by atoms with Crippen LogP contribution in [0.4, 0.5) is 5.69 Å². The standard InChI is InChI=1S/C25H29N5O2/c1-24(9-10-24)32-17-5-6-19-18(13-17)22(27-26-19)20-14-21(23(31)30(28-20)16-3-4-16)29-12-11-25(15-29)7-2-8-25/h5-6,13-14,16H,2-4,7-12,15H2,1H3,(H,26,27). The van der Waals surface area contributed by atoms with Crippen LogP contribution < -0.4 is 15.2 Å². The van der Waals surface area contributed by atoms with Gasteiger partial charge in [0.1, 0.15) is 28.4 Å². The summed E-state index contributed by atoms with van der Waals surface area (Å²) in [5, 5.41) is 13.6. The Morgan fingerprint density at radius 3 is 2.66 bits per heavy atom. The van der Waals surface area contributed by atoms with Gasteiger partial charge in [-0.2, -0.15) is 10.2 Å². The highest BCUT2D eigenvalue weighted by molar-refractivity contribution is 5.93. The average molecular weight is 432 g/mol. The molecule has 32 heavy (non-hydrogen) atoms. The molecular weight excluding hydrogens is 402 g/mol. The first-order valence-electron chi connectivity index (χ1n) is 12.1. The van der Waals surface area contributed by atoms with Crippen LogP contribution in [-0.2, 0) is 0 Å². The lowest BCUT2D eigenvalue weighted by Gasteiger charge is -2.38. The van der Waals surface area contributed by atoms with Gasteiger partial charge < -0.3 is 9.64 Å². The van der Waals surface area contributed by atoms with E-state index in [1.807, 2.05) is 18.2 Å². The first-order chi connectivity index (χ1) is 15.5. The Bertz CT molecular complexity index is 1280. The van der Waals surface area contributed by atoms with Crippen LogP contribution in [-0.4, -0.2) is 38.7 Å². The van der Waals surface area contributed by atoms with Crippen LogP contribution in [0.1, 0.15) is 64.3 Å². The van der Waals surface area contributed by atoms with E-state index in [4.69, 9.17) is 9.84 Å². The topological polar surface area (TPSA) is 76.0 Å². The first-order valence-corrected chi connectivity index (χ1v) is 12.1. The second-order valence-electron chi connectivity index (χ2n) is 10.8. The van der Waals surface area contributed by atoms with E-state index >= 15 is 0 Å². The van der Waals surface area contributed by atoms with Crippen molar-refractivity contribution in [3.05, 3.63) is 34.6 Å². The molecule has 0 unspecified atom stereocenters. The summed E-state index contributed by atoms with van der Waals surface area (Å²) in [5.41, 5.74) is 3.76. The van der Waals surface area contributed by atoms with Crippen molar-refractivity contribution in [2.45, 2.75) is 69.9 Å². The fourth-order valence-corrected chi connectivity index (χ4v) is 5.45. The number of nitrogens with one attached hydrogen (secondary N) is 1. The van der Waals surface area contributed by atoms with Crippen LogP contribution in [0.15, 0.2) is 29.1 Å². The van der Waals surface area contributed by atoms with Gasteiger partial charge >= 0.3 is 0 Å². The van der Waals surface area contributed by atoms with E-state index in [9.17, 15) is 4.79 Å². The molecule has 7 rings (SSSR count). The largest absolute Gasteiger partial charge is 0.488 e. The molecule has 4 aliphatic rings. The maximum Gasteiger partial charge on any atom is 0.290 e. The minimum atomic E-state index is -0.0323. The minimum Gasteiger partial charge on any atom is -0.488 e. The van der Waals surface area contributed by atoms with Crippen LogP contribution in [0.2, 0.25) is 0 Å². The molecule has 3 aliphatic carbocycles. The third-order valence-corrected chi connectivity index (χ3v) is 8.10. The van der Waals surface area contributed by atoms with Gasteiger partial charge in [-0.25, -0.2) is 4.68 Å². The zero-order chi connectivity index (χ0) is 21.5. The number of ether oxygens (including phenoxy) is 1. The van der Waals surface area contributed by atoms with E-state index < -0.39 is 0 Å². The molecule has 0 radical (unpaired) electrons. The third-order valence-electron chi connectivity index (χ3n) is 8.10. The summed E-state index contributed by atoms with van der Waals surface area (Å²) in [5.74, 6) is 0.863. The second kappa shape index (κ2) is 6.36. The quantitative estimate of drug-likeness (QED) is 0.647. The maximum atomic E-state index is 13.4. The van der Waals surface area contributed by atoms with Gasteiger partial charge in [0, 0.05) is 18.5 Å². The Morgan fingerprint density at radius 1 is 1.12 bits per heavy atom. The molecule has 1 aromatic carbocycles. The molecule has 7 heteroatoms. The molecule has 166 valence electrons. The summed E-state index contributed by atoms with van der Waals surface area (Å²) in [6, 6.07) is 8.28. The van der Waals surface area contributed by atoms with Crippen molar-refractivity contribution in [1.82, 2.24) is 20.0 Å². The molecule has 3 saturated carbocycles. The Hall–Kier alpha value is -2.83. The summed E-state index contributed by atoms with van der Waals surface area (Å²) in [4.78, 5) is 15.7. The van der Waals surface area contributed by atoms with Gasteiger partial charge in [0.15, 0.2) is 0 Å². The summed E-state index contributed by atoms with van der Waals surface area (Å²) >= 11 is 0. The van der Waals surface area contributed by atoms with Crippen molar-refractivity contribution in [3.8, 4) is 17.1 Å². The predicted molar refractivity (Wildman–Crippen MR) is 123 cm³/mol. The van der Waals surface area contributed by atoms with Crippen molar-refractivity contribution < 1.29 is 4.74 Å². The number of fused-ring (bicyclic) bond motifs is 1. The molecule has 2 aromatic heterocycles. The number of hydrogen-bond acceptors (Lipinski definition) is 5. The zero-order valence-corrected chi connectivity index (χ0v) is 18.6. The molecule has 0 bridgehead atoms. The molecule has 0 atom stereocenters. The highest BCUT2D eigenvalue weighted by atomic mass is 16.5. The smallest absolute Gasteiger partial charge is 0.290 e. The highest BCUT2D eigenvalue weighted by Gasteiger charge is 2.44. The molecule has 3 heterocycles. The van der Waals surface area contributed by atoms with Crippen molar-refractivity contribution in [2.24, 2.45) is 5.41 Å². The summed E-state index contributed by atoms with van der Waals surface area (Å²) in [6.07, 6.45) is 9.35. The van der Waals surface area contributed by atoms with Crippen LogP contribution >= 0.6 is 0 Å². The Kier molecular flexibility index (Phi) is 3.72. The van der Waals surface area contributed by atoms with Crippen LogP contribution in [0, 0.1) is 5.41 Å². The molecule has 1 N–H and O–H groups in total. The molecule has 1 spiro atoms. The van der Waals surface area contributed by atoms with Crippen molar-refractivity contribution >= 4 is 16.6 Å². The van der Waals surface area contributed by atoms with Gasteiger partial charge in [0.05, 0.1) is 11.6 Å². The highest BCUT2D eigenvalue weighted by Crippen LogP contribution is 2.49. The third kappa shape index (κ3) is 2.97. The van der Waals surface area contributed by atoms with E-state index in [2.05, 4.69) is 28.1 Å². The molecule has 3 aromatic rings. The van der Waals surface area contributed by atoms with Gasteiger partial charge in [0.2, 0.25) is 0 Å². The SMILES string of the molecule is CC1(Oc2ccc3[nH]nc(-c4cc(N5CCC6(CCC6)C5)c(=O)n(C5CC5)n4)c3c2)CC1. The van der Waals surface area contributed by atoms with Crippen molar-refractivity contribution in [1.29, 1.82) is 0 Å². The number of aromatic nitrogens is 4. The summed E-state index contributed by atoms with van der Waals surface area (Å²) < 4.78 is 7.92. The molecule has 7 nitrogen and oxygen atoms in total. The van der Waals surface area contributed by atoms with Crippen LogP contribution in [0.25, 0.3) is 22.3 Å². The second-order valence-corrected chi connectivity index (χ2v) is 10.8. The van der Waals surface area contributed by atoms with E-state index in [0.717, 1.165) is 72.5 Å². The van der Waals surface area contributed by atoms with E-state index in [1.54, 1.807) is 4.68 Å². The predicted octanol–water partition coefficient (Wildman–Crippen LogP) is 4.43. The molecule has 0 amide bonds. The monoisotopic (exact) mass is 431 g/mol. The normalized spacial score (nSPS) is 23.0. The van der Waals surface area contributed by atoms with Crippen molar-refractivity contribution in [3.63, 3.8) is 0 Å².